The van der Waals surface area contributed by atoms with Crippen LogP contribution in [0.4, 0.5) is 0 Å². The third kappa shape index (κ3) is 5.11. The van der Waals surface area contributed by atoms with Gasteiger partial charge in [0.1, 0.15) is 11.6 Å². The number of fused-ring (bicyclic) bond motifs is 1. The lowest BCUT2D eigenvalue weighted by Gasteiger charge is -2.32. The Morgan fingerprint density at radius 3 is 2.85 bits per heavy atom. The maximum absolute atomic E-state index is 12.9. The Hall–Kier alpha value is -2.74. The largest absolute Gasteiger partial charge is 0.342 e. The highest BCUT2D eigenvalue weighted by molar-refractivity contribution is 6.30. The number of hydrogen-bond donors (Lipinski definition) is 0. The van der Waals surface area contributed by atoms with Crippen LogP contribution in [0, 0.1) is 0 Å². The van der Waals surface area contributed by atoms with E-state index in [9.17, 15) is 4.79 Å². The average Bonchev–Trinajstić information content (AvgIpc) is 3.40. The van der Waals surface area contributed by atoms with Gasteiger partial charge in [0.25, 0.3) is 0 Å². The fraction of sp³-hybridized carbons (Fsp3) is 0.542. The molecule has 5 rings (SSSR count). The van der Waals surface area contributed by atoms with E-state index >= 15 is 0 Å². The first kappa shape index (κ1) is 22.1. The molecule has 0 bridgehead atoms. The summed E-state index contributed by atoms with van der Waals surface area (Å²) in [6, 6.07) is 7.33. The number of carbonyl (C=O) groups is 1. The lowest BCUT2D eigenvalue weighted by molar-refractivity contribution is -0.132. The van der Waals surface area contributed by atoms with Gasteiger partial charge in [-0.2, -0.15) is 4.98 Å². The lowest BCUT2D eigenvalue weighted by atomic mass is 9.96. The summed E-state index contributed by atoms with van der Waals surface area (Å²) in [6.07, 6.45) is 8.45. The number of aryl methyl sites for hydroxylation is 2. The van der Waals surface area contributed by atoms with Crippen molar-refractivity contribution in [3.8, 4) is 11.4 Å². The zero-order valence-electron chi connectivity index (χ0n) is 18.7. The van der Waals surface area contributed by atoms with Crippen LogP contribution >= 0.6 is 11.6 Å². The number of carbonyl (C=O) groups excluding carboxylic acids is 1. The highest BCUT2D eigenvalue weighted by Crippen LogP contribution is 2.28. The summed E-state index contributed by atoms with van der Waals surface area (Å²) >= 11 is 5.93. The Morgan fingerprint density at radius 1 is 1.09 bits per heavy atom. The molecule has 1 saturated heterocycles. The van der Waals surface area contributed by atoms with Crippen LogP contribution in [0.3, 0.4) is 0 Å². The van der Waals surface area contributed by atoms with Gasteiger partial charge in [-0.1, -0.05) is 23.2 Å². The van der Waals surface area contributed by atoms with E-state index in [1.807, 2.05) is 17.0 Å². The van der Waals surface area contributed by atoms with Crippen LogP contribution in [0.25, 0.3) is 11.4 Å². The van der Waals surface area contributed by atoms with Crippen LogP contribution in [0.5, 0.6) is 0 Å². The predicted octanol–water partition coefficient (Wildman–Crippen LogP) is 4.44. The summed E-state index contributed by atoms with van der Waals surface area (Å²) in [7, 11) is 0. The SMILES string of the molecule is O=C(CCCc1nc(-c2ccc(Cl)cc2)no1)N1CCCC(c2nnc3n2CCCCC3)C1. The Bertz CT molecular complexity index is 1090. The topological polar surface area (TPSA) is 89.9 Å². The van der Waals surface area contributed by atoms with E-state index in [0.29, 0.717) is 36.0 Å². The van der Waals surface area contributed by atoms with Crippen LogP contribution in [0.1, 0.15) is 68.4 Å². The molecule has 1 atom stereocenters. The number of likely N-dealkylation sites (tertiary alicyclic amines) is 1. The Balaban J connectivity index is 1.14. The fourth-order valence-corrected chi connectivity index (χ4v) is 4.97. The molecule has 33 heavy (non-hydrogen) atoms. The van der Waals surface area contributed by atoms with Gasteiger partial charge in [0.05, 0.1) is 0 Å². The van der Waals surface area contributed by atoms with Gasteiger partial charge in [-0.15, -0.1) is 10.2 Å². The van der Waals surface area contributed by atoms with Crippen molar-refractivity contribution < 1.29 is 9.32 Å². The molecular weight excluding hydrogens is 440 g/mol. The molecule has 1 unspecified atom stereocenters. The first-order chi connectivity index (χ1) is 16.2. The minimum Gasteiger partial charge on any atom is -0.342 e. The molecule has 4 heterocycles. The molecular formula is C24H29ClN6O2. The van der Waals surface area contributed by atoms with Crippen molar-refractivity contribution in [2.24, 2.45) is 0 Å². The number of amides is 1. The molecule has 3 aromatic rings. The standard InChI is InChI=1S/C24H29ClN6O2/c25-19-12-10-17(11-13-19)23-26-21(33-29-23)8-4-9-22(32)30-14-5-6-18(16-30)24-28-27-20-7-2-1-3-15-31(20)24/h10-13,18H,1-9,14-16H2. The Kier molecular flexibility index (Phi) is 6.71. The highest BCUT2D eigenvalue weighted by atomic mass is 35.5. The monoisotopic (exact) mass is 468 g/mol. The maximum atomic E-state index is 12.9. The molecule has 0 saturated carbocycles. The molecule has 9 heteroatoms. The van der Waals surface area contributed by atoms with E-state index in [4.69, 9.17) is 16.1 Å². The van der Waals surface area contributed by atoms with Gasteiger partial charge in [-0.25, -0.2) is 0 Å². The minimum absolute atomic E-state index is 0.188. The van der Waals surface area contributed by atoms with Crippen LogP contribution in [-0.2, 0) is 24.2 Å². The predicted molar refractivity (Wildman–Crippen MR) is 124 cm³/mol. The molecule has 174 valence electrons. The van der Waals surface area contributed by atoms with Gasteiger partial charge in [0.2, 0.25) is 17.6 Å². The molecule has 0 aliphatic carbocycles. The number of hydrogen-bond acceptors (Lipinski definition) is 6. The lowest BCUT2D eigenvalue weighted by Crippen LogP contribution is -2.39. The van der Waals surface area contributed by atoms with Crippen molar-refractivity contribution in [2.45, 2.75) is 70.3 Å². The van der Waals surface area contributed by atoms with Gasteiger partial charge >= 0.3 is 0 Å². The highest BCUT2D eigenvalue weighted by Gasteiger charge is 2.29. The van der Waals surface area contributed by atoms with Crippen LogP contribution in [0.2, 0.25) is 5.02 Å². The molecule has 1 amide bonds. The molecule has 2 aliphatic heterocycles. The van der Waals surface area contributed by atoms with Crippen molar-refractivity contribution >= 4 is 17.5 Å². The van der Waals surface area contributed by atoms with E-state index in [1.54, 1.807) is 12.1 Å². The molecule has 2 aromatic heterocycles. The number of piperidine rings is 1. The zero-order valence-corrected chi connectivity index (χ0v) is 19.5. The number of halogens is 1. The zero-order chi connectivity index (χ0) is 22.6. The van der Waals surface area contributed by atoms with Gasteiger partial charge in [-0.3, -0.25) is 4.79 Å². The summed E-state index contributed by atoms with van der Waals surface area (Å²) in [5, 5.41) is 13.7. The second-order valence-corrected chi connectivity index (χ2v) is 9.42. The van der Waals surface area contributed by atoms with Crippen molar-refractivity contribution in [3.05, 3.63) is 46.8 Å². The van der Waals surface area contributed by atoms with E-state index in [-0.39, 0.29) is 11.8 Å². The Labute approximate surface area is 198 Å². The molecule has 8 nitrogen and oxygen atoms in total. The summed E-state index contributed by atoms with van der Waals surface area (Å²) < 4.78 is 7.69. The Morgan fingerprint density at radius 2 is 1.97 bits per heavy atom. The number of aromatic nitrogens is 5. The van der Waals surface area contributed by atoms with Crippen molar-refractivity contribution in [1.82, 2.24) is 29.8 Å². The quantitative estimate of drug-likeness (QED) is 0.531. The summed E-state index contributed by atoms with van der Waals surface area (Å²) in [6.45, 7) is 2.56. The smallest absolute Gasteiger partial charge is 0.226 e. The second kappa shape index (κ2) is 10.0. The van der Waals surface area contributed by atoms with Crippen molar-refractivity contribution in [3.63, 3.8) is 0 Å². The van der Waals surface area contributed by atoms with E-state index < -0.39 is 0 Å². The second-order valence-electron chi connectivity index (χ2n) is 8.99. The number of nitrogens with zero attached hydrogens (tertiary/aromatic N) is 6. The van der Waals surface area contributed by atoms with E-state index in [0.717, 1.165) is 56.1 Å². The summed E-state index contributed by atoms with van der Waals surface area (Å²) in [4.78, 5) is 19.4. The third-order valence-corrected chi connectivity index (χ3v) is 6.88. The van der Waals surface area contributed by atoms with E-state index in [1.165, 1.54) is 19.3 Å². The minimum atomic E-state index is 0.188. The fourth-order valence-electron chi connectivity index (χ4n) is 4.85. The van der Waals surface area contributed by atoms with Crippen molar-refractivity contribution in [1.29, 1.82) is 0 Å². The van der Waals surface area contributed by atoms with Gasteiger partial charge in [-0.05, 0) is 56.4 Å². The average molecular weight is 469 g/mol. The van der Waals surface area contributed by atoms with Crippen LogP contribution in [0.15, 0.2) is 28.8 Å². The van der Waals surface area contributed by atoms with Gasteiger partial charge < -0.3 is 14.0 Å². The maximum Gasteiger partial charge on any atom is 0.226 e. The number of benzene rings is 1. The van der Waals surface area contributed by atoms with Gasteiger partial charge in [0.15, 0.2) is 0 Å². The third-order valence-electron chi connectivity index (χ3n) is 6.63. The van der Waals surface area contributed by atoms with Crippen LogP contribution in [-0.4, -0.2) is 48.8 Å². The molecule has 0 radical (unpaired) electrons. The normalized spacial score (nSPS) is 18.7. The summed E-state index contributed by atoms with van der Waals surface area (Å²) in [5.41, 5.74) is 0.858. The number of rotatable bonds is 6. The molecule has 1 aromatic carbocycles. The van der Waals surface area contributed by atoms with E-state index in [2.05, 4.69) is 24.9 Å². The van der Waals surface area contributed by atoms with Crippen LogP contribution < -0.4 is 0 Å². The van der Waals surface area contributed by atoms with Gasteiger partial charge in [0, 0.05) is 55.4 Å². The van der Waals surface area contributed by atoms with Crippen molar-refractivity contribution in [2.75, 3.05) is 13.1 Å². The molecule has 0 N–H and O–H groups in total. The molecule has 0 spiro atoms. The first-order valence-electron chi connectivity index (χ1n) is 12.0. The first-order valence-corrected chi connectivity index (χ1v) is 12.3. The summed E-state index contributed by atoms with van der Waals surface area (Å²) in [5.74, 6) is 3.75. The molecule has 2 aliphatic rings. The molecule has 1 fully saturated rings.